The van der Waals surface area contributed by atoms with Gasteiger partial charge in [-0.2, -0.15) is 0 Å². The van der Waals surface area contributed by atoms with Crippen LogP contribution in [0.25, 0.3) is 0 Å². The highest BCUT2D eigenvalue weighted by Crippen LogP contribution is 2.34. The van der Waals surface area contributed by atoms with E-state index in [-0.39, 0.29) is 0 Å². The number of carboxylic acid groups (broad SMARTS) is 1. The second-order valence-electron chi connectivity index (χ2n) is 5.09. The number of carboxylic acids is 1. The first-order chi connectivity index (χ1) is 8.43. The fourth-order valence-corrected chi connectivity index (χ4v) is 5.09. The summed E-state index contributed by atoms with van der Waals surface area (Å²) in [6, 6.07) is 0. The van der Waals surface area contributed by atoms with Crippen LogP contribution < -0.4 is 0 Å². The summed E-state index contributed by atoms with van der Waals surface area (Å²) in [4.78, 5) is 11.1. The molecule has 0 spiro atoms. The molecule has 2 aliphatic rings. The number of carbonyl (C=O) groups is 1. The molecule has 2 N–H and O–H groups in total. The minimum atomic E-state index is -3.54. The summed E-state index contributed by atoms with van der Waals surface area (Å²) >= 11 is 0. The maximum Gasteiger partial charge on any atom is 0.307 e. The van der Waals surface area contributed by atoms with Crippen molar-refractivity contribution in [2.45, 2.75) is 43.5 Å². The molecule has 1 aliphatic heterocycles. The Morgan fingerprint density at radius 1 is 1.11 bits per heavy atom. The van der Waals surface area contributed by atoms with Gasteiger partial charge in [0.2, 0.25) is 10.0 Å². The van der Waals surface area contributed by atoms with Crippen molar-refractivity contribution in [2.24, 2.45) is 5.92 Å². The molecule has 0 amide bonds. The Balaban J connectivity index is 2.13. The third kappa shape index (κ3) is 2.53. The average Bonchev–Trinajstić information content (AvgIpc) is 2.79. The van der Waals surface area contributed by atoms with Crippen molar-refractivity contribution in [3.05, 3.63) is 0 Å². The van der Waals surface area contributed by atoms with E-state index in [9.17, 15) is 18.3 Å². The molecule has 2 atom stereocenters. The minimum Gasteiger partial charge on any atom is -0.481 e. The smallest absolute Gasteiger partial charge is 0.307 e. The van der Waals surface area contributed by atoms with Gasteiger partial charge < -0.3 is 10.2 Å². The zero-order valence-electron chi connectivity index (χ0n) is 10.2. The molecule has 0 bridgehead atoms. The fourth-order valence-electron chi connectivity index (χ4n) is 2.85. The van der Waals surface area contributed by atoms with E-state index >= 15 is 0 Å². The third-order valence-corrected chi connectivity index (χ3v) is 6.35. The van der Waals surface area contributed by atoms with E-state index in [4.69, 9.17) is 5.11 Å². The summed E-state index contributed by atoms with van der Waals surface area (Å²) in [5.74, 6) is -1.79. The van der Waals surface area contributed by atoms with Crippen LogP contribution in [-0.4, -0.2) is 53.3 Å². The summed E-state index contributed by atoms with van der Waals surface area (Å²) < 4.78 is 26.1. The Morgan fingerprint density at radius 2 is 1.72 bits per heavy atom. The van der Waals surface area contributed by atoms with E-state index in [2.05, 4.69) is 0 Å². The molecule has 104 valence electrons. The lowest BCUT2D eigenvalue weighted by atomic mass is 10.1. The van der Waals surface area contributed by atoms with Gasteiger partial charge in [0.05, 0.1) is 17.3 Å². The minimum absolute atomic E-state index is 0.298. The first-order valence-corrected chi connectivity index (χ1v) is 7.83. The van der Waals surface area contributed by atoms with Gasteiger partial charge in [-0.1, -0.05) is 6.42 Å². The molecule has 1 saturated heterocycles. The summed E-state index contributed by atoms with van der Waals surface area (Å²) in [5.41, 5.74) is 0. The molecule has 0 aromatic rings. The number of piperidine rings is 1. The van der Waals surface area contributed by atoms with Gasteiger partial charge in [0, 0.05) is 13.1 Å². The average molecular weight is 277 g/mol. The molecule has 6 nitrogen and oxygen atoms in total. The predicted octanol–water partition coefficient (Wildman–Crippen LogP) is 0.0262. The van der Waals surface area contributed by atoms with Crippen LogP contribution in [0, 0.1) is 5.92 Å². The lowest BCUT2D eigenvalue weighted by Gasteiger charge is -2.32. The quantitative estimate of drug-likeness (QED) is 0.758. The molecule has 2 rings (SSSR count). The van der Waals surface area contributed by atoms with Gasteiger partial charge in [0.25, 0.3) is 0 Å². The number of rotatable bonds is 3. The van der Waals surface area contributed by atoms with Gasteiger partial charge >= 0.3 is 5.97 Å². The number of nitrogens with zero attached hydrogens (tertiary/aromatic N) is 1. The summed E-state index contributed by atoms with van der Waals surface area (Å²) in [7, 11) is -3.54. The van der Waals surface area contributed by atoms with Crippen molar-refractivity contribution < 1.29 is 23.4 Å². The van der Waals surface area contributed by atoms with Crippen molar-refractivity contribution in [3.8, 4) is 0 Å². The molecule has 0 aromatic carbocycles. The van der Waals surface area contributed by atoms with Gasteiger partial charge in [0.15, 0.2) is 0 Å². The molecule has 1 aliphatic carbocycles. The number of hydrogen-bond acceptors (Lipinski definition) is 4. The van der Waals surface area contributed by atoms with E-state index in [0.717, 1.165) is 0 Å². The van der Waals surface area contributed by atoms with E-state index in [1.807, 2.05) is 0 Å². The van der Waals surface area contributed by atoms with Crippen molar-refractivity contribution in [1.82, 2.24) is 4.31 Å². The summed E-state index contributed by atoms with van der Waals surface area (Å²) in [6.07, 6.45) is 1.95. The molecule has 1 saturated carbocycles. The molecule has 2 unspecified atom stereocenters. The number of aliphatic hydroxyl groups excluding tert-OH is 1. The maximum atomic E-state index is 12.4. The van der Waals surface area contributed by atoms with Crippen LogP contribution in [0.15, 0.2) is 0 Å². The largest absolute Gasteiger partial charge is 0.481 e. The van der Waals surface area contributed by atoms with Gasteiger partial charge in [-0.05, 0) is 25.7 Å². The Kier molecular flexibility index (Phi) is 3.93. The molecule has 7 heteroatoms. The van der Waals surface area contributed by atoms with Gasteiger partial charge in [0.1, 0.15) is 0 Å². The second-order valence-corrected chi connectivity index (χ2v) is 7.24. The van der Waals surface area contributed by atoms with Crippen LogP contribution in [0.1, 0.15) is 32.1 Å². The third-order valence-electron chi connectivity index (χ3n) is 3.94. The Bertz CT molecular complexity index is 413. The molecular weight excluding hydrogens is 258 g/mol. The monoisotopic (exact) mass is 277 g/mol. The van der Waals surface area contributed by atoms with Crippen LogP contribution >= 0.6 is 0 Å². The van der Waals surface area contributed by atoms with Crippen LogP contribution in [0.5, 0.6) is 0 Å². The molecule has 2 fully saturated rings. The lowest BCUT2D eigenvalue weighted by Crippen LogP contribution is -2.46. The standard InChI is InChI=1S/C11H19NO5S/c13-8-4-6-12(7-5-8)18(16,17)10-3-1-2-9(10)11(14)15/h8-10,13H,1-7H2,(H,14,15). The summed E-state index contributed by atoms with van der Waals surface area (Å²) in [5, 5.41) is 17.7. The van der Waals surface area contributed by atoms with Crippen molar-refractivity contribution in [3.63, 3.8) is 0 Å². The highest BCUT2D eigenvalue weighted by Gasteiger charge is 2.44. The topological polar surface area (TPSA) is 94.9 Å². The Morgan fingerprint density at radius 3 is 2.28 bits per heavy atom. The molecule has 1 heterocycles. The number of sulfonamides is 1. The van der Waals surface area contributed by atoms with Crippen LogP contribution in [0.3, 0.4) is 0 Å². The highest BCUT2D eigenvalue weighted by molar-refractivity contribution is 7.89. The van der Waals surface area contributed by atoms with Crippen molar-refractivity contribution in [2.75, 3.05) is 13.1 Å². The second kappa shape index (κ2) is 5.14. The lowest BCUT2D eigenvalue weighted by molar-refractivity contribution is -0.141. The number of aliphatic carboxylic acids is 1. The maximum absolute atomic E-state index is 12.4. The van der Waals surface area contributed by atoms with Gasteiger partial charge in [-0.15, -0.1) is 0 Å². The van der Waals surface area contributed by atoms with E-state index < -0.39 is 33.3 Å². The van der Waals surface area contributed by atoms with E-state index in [0.29, 0.717) is 45.2 Å². The highest BCUT2D eigenvalue weighted by atomic mass is 32.2. The normalized spacial score (nSPS) is 31.6. The number of hydrogen-bond donors (Lipinski definition) is 2. The van der Waals surface area contributed by atoms with Crippen LogP contribution in [0.4, 0.5) is 0 Å². The predicted molar refractivity (Wildman–Crippen MR) is 64.5 cm³/mol. The SMILES string of the molecule is O=C(O)C1CCCC1S(=O)(=O)N1CCC(O)CC1. The molecule has 0 aromatic heterocycles. The van der Waals surface area contributed by atoms with Crippen LogP contribution in [-0.2, 0) is 14.8 Å². The molecular formula is C11H19NO5S. The molecule has 18 heavy (non-hydrogen) atoms. The first kappa shape index (κ1) is 13.8. The van der Waals surface area contributed by atoms with Crippen molar-refractivity contribution in [1.29, 1.82) is 0 Å². The zero-order valence-corrected chi connectivity index (χ0v) is 11.0. The van der Waals surface area contributed by atoms with Crippen LogP contribution in [0.2, 0.25) is 0 Å². The summed E-state index contributed by atoms with van der Waals surface area (Å²) in [6.45, 7) is 0.596. The fraction of sp³-hybridized carbons (Fsp3) is 0.909. The Labute approximate surface area is 107 Å². The Hall–Kier alpha value is -0.660. The molecule has 0 radical (unpaired) electrons. The zero-order chi connectivity index (χ0) is 13.3. The van der Waals surface area contributed by atoms with E-state index in [1.54, 1.807) is 0 Å². The van der Waals surface area contributed by atoms with Gasteiger partial charge in [-0.25, -0.2) is 12.7 Å². The van der Waals surface area contributed by atoms with Gasteiger partial charge in [-0.3, -0.25) is 4.79 Å². The first-order valence-electron chi connectivity index (χ1n) is 6.32. The van der Waals surface area contributed by atoms with Crippen molar-refractivity contribution >= 4 is 16.0 Å². The number of aliphatic hydroxyl groups is 1. The van der Waals surface area contributed by atoms with E-state index in [1.165, 1.54) is 4.31 Å².